The Kier molecular flexibility index (Phi) is 4.57. The second-order valence-electron chi connectivity index (χ2n) is 5.54. The summed E-state index contributed by atoms with van der Waals surface area (Å²) in [7, 11) is 1.60. The molecule has 2 heterocycles. The van der Waals surface area contributed by atoms with Crippen molar-refractivity contribution in [3.63, 3.8) is 0 Å². The Morgan fingerprint density at radius 2 is 2.30 bits per heavy atom. The van der Waals surface area contributed by atoms with Gasteiger partial charge in [-0.15, -0.1) is 0 Å². The Labute approximate surface area is 134 Å². The van der Waals surface area contributed by atoms with Crippen LogP contribution in [0.15, 0.2) is 28.8 Å². The van der Waals surface area contributed by atoms with Crippen LogP contribution in [0, 0.1) is 12.8 Å². The van der Waals surface area contributed by atoms with Gasteiger partial charge in [-0.2, -0.15) is 4.98 Å². The Balaban J connectivity index is 1.92. The summed E-state index contributed by atoms with van der Waals surface area (Å²) in [5.41, 5.74) is 0.801. The molecule has 0 bridgehead atoms. The molecule has 0 unspecified atom stereocenters. The zero-order chi connectivity index (χ0) is 16.2. The van der Waals surface area contributed by atoms with Crippen LogP contribution in [0.1, 0.15) is 29.7 Å². The predicted octanol–water partition coefficient (Wildman–Crippen LogP) is 1.20. The lowest BCUT2D eigenvalue weighted by molar-refractivity contribution is -0.125. The van der Waals surface area contributed by atoms with E-state index in [1.807, 2.05) is 24.3 Å². The molecule has 1 amide bonds. The fraction of sp³-hybridized carbons (Fsp3) is 0.438. The van der Waals surface area contributed by atoms with E-state index in [1.165, 1.54) is 0 Å². The fourth-order valence-corrected chi connectivity index (χ4v) is 2.76. The van der Waals surface area contributed by atoms with Gasteiger partial charge >= 0.3 is 0 Å². The summed E-state index contributed by atoms with van der Waals surface area (Å²) >= 11 is 0. The van der Waals surface area contributed by atoms with Crippen LogP contribution in [0.2, 0.25) is 0 Å². The smallest absolute Gasteiger partial charge is 0.225 e. The highest BCUT2D eigenvalue weighted by atomic mass is 16.5. The number of nitrogens with one attached hydrogen (secondary N) is 2. The number of hydrogen-bond donors (Lipinski definition) is 2. The van der Waals surface area contributed by atoms with Crippen molar-refractivity contribution < 1.29 is 14.1 Å². The van der Waals surface area contributed by atoms with Crippen LogP contribution >= 0.6 is 0 Å². The summed E-state index contributed by atoms with van der Waals surface area (Å²) in [5, 5.41) is 10.2. The molecule has 122 valence electrons. The monoisotopic (exact) mass is 316 g/mol. The highest BCUT2D eigenvalue weighted by Gasteiger charge is 2.29. The van der Waals surface area contributed by atoms with Crippen molar-refractivity contribution in [2.45, 2.75) is 19.4 Å². The van der Waals surface area contributed by atoms with Crippen LogP contribution in [0.4, 0.5) is 0 Å². The maximum atomic E-state index is 12.5. The first-order valence-corrected chi connectivity index (χ1v) is 7.63. The van der Waals surface area contributed by atoms with Crippen LogP contribution in [-0.2, 0) is 4.79 Å². The number of para-hydroxylation sites is 1. The molecule has 2 N–H and O–H groups in total. The lowest BCUT2D eigenvalue weighted by atomic mass is 10.0. The largest absolute Gasteiger partial charge is 0.496 e. The zero-order valence-electron chi connectivity index (χ0n) is 13.2. The minimum Gasteiger partial charge on any atom is -0.496 e. The molecule has 2 aromatic rings. The van der Waals surface area contributed by atoms with Crippen LogP contribution in [0.3, 0.4) is 0 Å². The molecule has 7 nitrogen and oxygen atoms in total. The summed E-state index contributed by atoms with van der Waals surface area (Å²) in [6, 6.07) is 7.00. The molecule has 1 aliphatic heterocycles. The first-order chi connectivity index (χ1) is 11.2. The van der Waals surface area contributed by atoms with Crippen molar-refractivity contribution in [1.29, 1.82) is 0 Å². The number of benzene rings is 1. The minimum absolute atomic E-state index is 0.0200. The van der Waals surface area contributed by atoms with Crippen molar-refractivity contribution in [2.75, 3.05) is 20.2 Å². The number of aryl methyl sites for hydroxylation is 1. The van der Waals surface area contributed by atoms with Crippen LogP contribution in [-0.4, -0.2) is 36.2 Å². The molecule has 1 aromatic carbocycles. The Hall–Kier alpha value is -2.41. The molecule has 0 spiro atoms. The van der Waals surface area contributed by atoms with Crippen molar-refractivity contribution in [2.24, 2.45) is 5.92 Å². The molecule has 1 fully saturated rings. The summed E-state index contributed by atoms with van der Waals surface area (Å²) in [6.07, 6.45) is 0.829. The first-order valence-electron chi connectivity index (χ1n) is 7.63. The van der Waals surface area contributed by atoms with Crippen molar-refractivity contribution in [3.8, 4) is 5.75 Å². The quantitative estimate of drug-likeness (QED) is 0.861. The van der Waals surface area contributed by atoms with E-state index in [9.17, 15) is 4.79 Å². The van der Waals surface area contributed by atoms with Gasteiger partial charge in [0.1, 0.15) is 11.8 Å². The second-order valence-corrected chi connectivity index (χ2v) is 5.54. The molecule has 3 rings (SSSR count). The normalized spacial score (nSPS) is 18.6. The van der Waals surface area contributed by atoms with Crippen LogP contribution in [0.5, 0.6) is 5.75 Å². The third kappa shape index (κ3) is 3.34. The summed E-state index contributed by atoms with van der Waals surface area (Å²) in [5.74, 6) is 1.49. The van der Waals surface area contributed by atoms with Gasteiger partial charge in [-0.3, -0.25) is 4.79 Å². The molecular weight excluding hydrogens is 296 g/mol. The van der Waals surface area contributed by atoms with Gasteiger partial charge in [-0.25, -0.2) is 0 Å². The summed E-state index contributed by atoms with van der Waals surface area (Å²) in [6.45, 7) is 3.27. The lowest BCUT2D eigenvalue weighted by Gasteiger charge is -2.20. The average molecular weight is 316 g/mol. The maximum absolute atomic E-state index is 12.5. The van der Waals surface area contributed by atoms with Crippen molar-refractivity contribution in [1.82, 2.24) is 20.8 Å². The molecule has 2 atom stereocenters. The summed E-state index contributed by atoms with van der Waals surface area (Å²) in [4.78, 5) is 16.8. The highest BCUT2D eigenvalue weighted by molar-refractivity contribution is 5.80. The van der Waals surface area contributed by atoms with E-state index < -0.39 is 6.04 Å². The minimum atomic E-state index is -0.503. The third-order valence-corrected chi connectivity index (χ3v) is 3.97. The topological polar surface area (TPSA) is 89.3 Å². The number of rotatable bonds is 5. The van der Waals surface area contributed by atoms with Gasteiger partial charge in [0.25, 0.3) is 0 Å². The van der Waals surface area contributed by atoms with E-state index in [1.54, 1.807) is 14.0 Å². The average Bonchev–Trinajstić information content (AvgIpc) is 3.24. The highest BCUT2D eigenvalue weighted by Crippen LogP contribution is 2.29. The second kappa shape index (κ2) is 6.78. The van der Waals surface area contributed by atoms with Crippen molar-refractivity contribution in [3.05, 3.63) is 41.5 Å². The number of ether oxygens (including phenoxy) is 1. The SMILES string of the molecule is COc1ccccc1[C@H](NC(=O)[C@@H]1CCNC1)c1noc(C)n1. The van der Waals surface area contributed by atoms with E-state index in [0.717, 1.165) is 18.5 Å². The molecular formula is C16H20N4O3. The standard InChI is InChI=1S/C16H20N4O3/c1-10-18-15(20-23-10)14(12-5-3-4-6-13(12)22-2)19-16(21)11-7-8-17-9-11/h3-6,11,14,17H,7-9H2,1-2H3,(H,19,21)/t11-,14+/m1/s1. The number of amides is 1. The van der Waals surface area contributed by atoms with Gasteiger partial charge < -0.3 is 19.9 Å². The molecule has 0 aliphatic carbocycles. The van der Waals surface area contributed by atoms with Gasteiger partial charge in [0.15, 0.2) is 5.82 Å². The molecule has 0 radical (unpaired) electrons. The van der Waals surface area contributed by atoms with E-state index in [2.05, 4.69) is 20.8 Å². The molecule has 0 saturated carbocycles. The van der Waals surface area contributed by atoms with E-state index in [-0.39, 0.29) is 11.8 Å². The molecule has 23 heavy (non-hydrogen) atoms. The van der Waals surface area contributed by atoms with Gasteiger partial charge in [-0.1, -0.05) is 23.4 Å². The number of aromatic nitrogens is 2. The molecule has 1 aromatic heterocycles. The van der Waals surface area contributed by atoms with Crippen LogP contribution in [0.25, 0.3) is 0 Å². The predicted molar refractivity (Wildman–Crippen MR) is 83.0 cm³/mol. The fourth-order valence-electron chi connectivity index (χ4n) is 2.76. The van der Waals surface area contributed by atoms with Gasteiger partial charge in [0.05, 0.1) is 13.0 Å². The Bertz CT molecular complexity index is 679. The molecule has 7 heteroatoms. The van der Waals surface area contributed by atoms with Crippen LogP contribution < -0.4 is 15.4 Å². The third-order valence-electron chi connectivity index (χ3n) is 3.97. The number of carbonyl (C=O) groups is 1. The molecule has 1 aliphatic rings. The zero-order valence-corrected chi connectivity index (χ0v) is 13.2. The van der Waals surface area contributed by atoms with E-state index in [0.29, 0.717) is 24.0 Å². The Morgan fingerprint density at radius 1 is 1.48 bits per heavy atom. The molecule has 1 saturated heterocycles. The van der Waals surface area contributed by atoms with Gasteiger partial charge in [0.2, 0.25) is 11.8 Å². The van der Waals surface area contributed by atoms with Gasteiger partial charge in [-0.05, 0) is 19.0 Å². The number of methoxy groups -OCH3 is 1. The van der Waals surface area contributed by atoms with E-state index in [4.69, 9.17) is 9.26 Å². The van der Waals surface area contributed by atoms with Crippen molar-refractivity contribution >= 4 is 5.91 Å². The van der Waals surface area contributed by atoms with Gasteiger partial charge in [0, 0.05) is 19.0 Å². The number of nitrogens with zero attached hydrogens (tertiary/aromatic N) is 2. The Morgan fingerprint density at radius 3 is 2.96 bits per heavy atom. The number of hydrogen-bond acceptors (Lipinski definition) is 6. The lowest BCUT2D eigenvalue weighted by Crippen LogP contribution is -2.36. The number of carbonyl (C=O) groups excluding carboxylic acids is 1. The first kappa shape index (κ1) is 15.5. The maximum Gasteiger partial charge on any atom is 0.225 e. The summed E-state index contributed by atoms with van der Waals surface area (Å²) < 4.78 is 10.5. The van der Waals surface area contributed by atoms with E-state index >= 15 is 0 Å².